The SMILES string of the molecule is CCN(CC)S(=O)(=O)c1ccc(N2CCCC2)c(C(=O)N2CC(C)CC(C)C2)c1. The Hall–Kier alpha value is -1.60. The van der Waals surface area contributed by atoms with Gasteiger partial charge < -0.3 is 9.80 Å². The first-order valence-corrected chi connectivity index (χ1v) is 12.4. The fraction of sp³-hybridized carbons (Fsp3) is 0.682. The molecule has 2 heterocycles. The van der Waals surface area contributed by atoms with Gasteiger partial charge in [-0.3, -0.25) is 4.79 Å². The van der Waals surface area contributed by atoms with Crippen molar-refractivity contribution < 1.29 is 13.2 Å². The van der Waals surface area contributed by atoms with E-state index in [1.165, 1.54) is 4.31 Å². The summed E-state index contributed by atoms with van der Waals surface area (Å²) in [5.74, 6) is 0.878. The molecular formula is C22H35N3O3S. The van der Waals surface area contributed by atoms with Crippen molar-refractivity contribution in [3.05, 3.63) is 23.8 Å². The van der Waals surface area contributed by atoms with Gasteiger partial charge in [-0.2, -0.15) is 4.31 Å². The summed E-state index contributed by atoms with van der Waals surface area (Å²) in [4.78, 5) is 17.9. The van der Waals surface area contributed by atoms with Gasteiger partial charge >= 0.3 is 0 Å². The summed E-state index contributed by atoms with van der Waals surface area (Å²) in [5.41, 5.74) is 1.40. The van der Waals surface area contributed by atoms with Crippen molar-refractivity contribution in [1.29, 1.82) is 0 Å². The van der Waals surface area contributed by atoms with Crippen LogP contribution in [0.3, 0.4) is 0 Å². The van der Waals surface area contributed by atoms with Crippen molar-refractivity contribution in [3.8, 4) is 0 Å². The molecule has 162 valence electrons. The minimum Gasteiger partial charge on any atom is -0.371 e. The van der Waals surface area contributed by atoms with E-state index >= 15 is 0 Å². The van der Waals surface area contributed by atoms with E-state index in [-0.39, 0.29) is 10.8 Å². The first kappa shape index (κ1) is 22.1. The zero-order valence-electron chi connectivity index (χ0n) is 18.2. The number of nitrogens with zero attached hydrogens (tertiary/aromatic N) is 3. The van der Waals surface area contributed by atoms with E-state index in [1.807, 2.05) is 24.8 Å². The molecule has 6 nitrogen and oxygen atoms in total. The molecule has 3 rings (SSSR count). The molecule has 2 fully saturated rings. The maximum atomic E-state index is 13.5. The van der Waals surface area contributed by atoms with Crippen LogP contribution in [0, 0.1) is 11.8 Å². The quantitative estimate of drug-likeness (QED) is 0.706. The zero-order valence-corrected chi connectivity index (χ0v) is 19.0. The van der Waals surface area contributed by atoms with Crippen LogP contribution >= 0.6 is 0 Å². The third-order valence-corrected chi connectivity index (χ3v) is 8.19. The fourth-order valence-electron chi connectivity index (χ4n) is 4.79. The molecule has 0 aliphatic carbocycles. The normalized spacial score (nSPS) is 23.1. The molecule has 2 unspecified atom stereocenters. The lowest BCUT2D eigenvalue weighted by molar-refractivity contribution is 0.0623. The van der Waals surface area contributed by atoms with Crippen molar-refractivity contribution in [1.82, 2.24) is 9.21 Å². The Morgan fingerprint density at radius 1 is 1.07 bits per heavy atom. The van der Waals surface area contributed by atoms with E-state index in [2.05, 4.69) is 18.7 Å². The minimum absolute atomic E-state index is 0.0399. The predicted octanol–water partition coefficient (Wildman–Crippen LogP) is 3.44. The van der Waals surface area contributed by atoms with E-state index in [0.717, 1.165) is 51.1 Å². The van der Waals surface area contributed by atoms with Gasteiger partial charge in [0.15, 0.2) is 0 Å². The summed E-state index contributed by atoms with van der Waals surface area (Å²) < 4.78 is 27.6. The number of rotatable bonds is 6. The molecule has 0 bridgehead atoms. The number of carbonyl (C=O) groups is 1. The van der Waals surface area contributed by atoms with Crippen molar-refractivity contribution in [2.45, 2.75) is 51.9 Å². The van der Waals surface area contributed by atoms with Crippen molar-refractivity contribution >= 4 is 21.6 Å². The van der Waals surface area contributed by atoms with Gasteiger partial charge in [-0.1, -0.05) is 27.7 Å². The Morgan fingerprint density at radius 3 is 2.21 bits per heavy atom. The van der Waals surface area contributed by atoms with Gasteiger partial charge in [0.05, 0.1) is 10.5 Å². The van der Waals surface area contributed by atoms with Crippen LogP contribution in [0.25, 0.3) is 0 Å². The smallest absolute Gasteiger partial charge is 0.256 e. The Morgan fingerprint density at radius 2 is 1.66 bits per heavy atom. The number of benzene rings is 1. The maximum Gasteiger partial charge on any atom is 0.256 e. The van der Waals surface area contributed by atoms with Crippen LogP contribution in [-0.2, 0) is 10.0 Å². The van der Waals surface area contributed by atoms with Crippen LogP contribution in [0.15, 0.2) is 23.1 Å². The molecule has 2 aliphatic heterocycles. The predicted molar refractivity (Wildman–Crippen MR) is 117 cm³/mol. The second-order valence-electron chi connectivity index (χ2n) is 8.62. The highest BCUT2D eigenvalue weighted by molar-refractivity contribution is 7.89. The second-order valence-corrected chi connectivity index (χ2v) is 10.6. The van der Waals surface area contributed by atoms with Gasteiger partial charge in [-0.15, -0.1) is 0 Å². The summed E-state index contributed by atoms with van der Waals surface area (Å²) in [6, 6.07) is 5.12. The third-order valence-electron chi connectivity index (χ3n) is 6.14. The Bertz CT molecular complexity index is 820. The summed E-state index contributed by atoms with van der Waals surface area (Å²) >= 11 is 0. The van der Waals surface area contributed by atoms with E-state index < -0.39 is 10.0 Å². The lowest BCUT2D eigenvalue weighted by atomic mass is 9.91. The maximum absolute atomic E-state index is 13.5. The first-order chi connectivity index (χ1) is 13.8. The standard InChI is InChI=1S/C22H35N3O3S/c1-5-25(6-2)29(27,28)19-9-10-21(23-11-7-8-12-23)20(14-19)22(26)24-15-17(3)13-18(4)16-24/h9-10,14,17-18H,5-8,11-13,15-16H2,1-4H3. The van der Waals surface area contributed by atoms with E-state index in [0.29, 0.717) is 30.5 Å². The van der Waals surface area contributed by atoms with E-state index in [4.69, 9.17) is 0 Å². The van der Waals surface area contributed by atoms with Crippen LogP contribution in [0.1, 0.15) is 57.3 Å². The topological polar surface area (TPSA) is 60.9 Å². The van der Waals surface area contributed by atoms with Gasteiger partial charge in [0.1, 0.15) is 0 Å². The highest BCUT2D eigenvalue weighted by atomic mass is 32.2. The number of hydrogen-bond acceptors (Lipinski definition) is 4. The average Bonchev–Trinajstić information content (AvgIpc) is 3.21. The van der Waals surface area contributed by atoms with Crippen LogP contribution in [0.4, 0.5) is 5.69 Å². The molecule has 1 amide bonds. The molecule has 0 saturated carbocycles. The first-order valence-electron chi connectivity index (χ1n) is 11.0. The minimum atomic E-state index is -3.61. The molecule has 2 aliphatic rings. The second kappa shape index (κ2) is 9.04. The Kier molecular flexibility index (Phi) is 6.89. The van der Waals surface area contributed by atoms with Gasteiger partial charge in [0.25, 0.3) is 5.91 Å². The lowest BCUT2D eigenvalue weighted by Crippen LogP contribution is -2.43. The highest BCUT2D eigenvalue weighted by Crippen LogP contribution is 2.31. The van der Waals surface area contributed by atoms with Crippen molar-refractivity contribution in [2.24, 2.45) is 11.8 Å². The molecular weight excluding hydrogens is 386 g/mol. The van der Waals surface area contributed by atoms with Gasteiger partial charge in [0, 0.05) is 45.0 Å². The summed E-state index contributed by atoms with van der Waals surface area (Å²) in [6.45, 7) is 12.1. The summed E-state index contributed by atoms with van der Waals surface area (Å²) in [6.07, 6.45) is 3.33. The zero-order chi connectivity index (χ0) is 21.2. The van der Waals surface area contributed by atoms with Crippen molar-refractivity contribution in [2.75, 3.05) is 44.2 Å². The molecule has 0 radical (unpaired) electrons. The van der Waals surface area contributed by atoms with Gasteiger partial charge in [0.2, 0.25) is 10.0 Å². The van der Waals surface area contributed by atoms with Crippen molar-refractivity contribution in [3.63, 3.8) is 0 Å². The number of sulfonamides is 1. The summed E-state index contributed by atoms with van der Waals surface area (Å²) in [5, 5.41) is 0. The number of amides is 1. The third kappa shape index (κ3) is 4.61. The summed E-state index contributed by atoms with van der Waals surface area (Å²) in [7, 11) is -3.61. The molecule has 2 atom stereocenters. The molecule has 0 spiro atoms. The number of likely N-dealkylation sites (tertiary alicyclic amines) is 1. The van der Waals surface area contributed by atoms with Gasteiger partial charge in [-0.05, 0) is 49.3 Å². The Balaban J connectivity index is 2.03. The molecule has 29 heavy (non-hydrogen) atoms. The Labute approximate surface area is 175 Å². The number of carbonyl (C=O) groups excluding carboxylic acids is 1. The number of hydrogen-bond donors (Lipinski definition) is 0. The molecule has 1 aromatic rings. The molecule has 7 heteroatoms. The average molecular weight is 422 g/mol. The van der Waals surface area contributed by atoms with Crippen LogP contribution in [-0.4, -0.2) is 62.8 Å². The van der Waals surface area contributed by atoms with Crippen LogP contribution in [0.2, 0.25) is 0 Å². The highest BCUT2D eigenvalue weighted by Gasteiger charge is 2.31. The number of anilines is 1. The fourth-order valence-corrected chi connectivity index (χ4v) is 6.28. The van der Waals surface area contributed by atoms with Gasteiger partial charge in [-0.25, -0.2) is 8.42 Å². The molecule has 0 aromatic heterocycles. The molecule has 2 saturated heterocycles. The molecule has 1 aromatic carbocycles. The lowest BCUT2D eigenvalue weighted by Gasteiger charge is -2.36. The monoisotopic (exact) mass is 421 g/mol. The van der Waals surface area contributed by atoms with Crippen LogP contribution in [0.5, 0.6) is 0 Å². The van der Waals surface area contributed by atoms with Crippen LogP contribution < -0.4 is 4.90 Å². The number of piperidine rings is 1. The van der Waals surface area contributed by atoms with E-state index in [9.17, 15) is 13.2 Å². The van der Waals surface area contributed by atoms with E-state index in [1.54, 1.807) is 12.1 Å². The molecule has 0 N–H and O–H groups in total. The largest absolute Gasteiger partial charge is 0.371 e.